The molecule has 4 heteroatoms. The van der Waals surface area contributed by atoms with E-state index in [1.54, 1.807) is 0 Å². The van der Waals surface area contributed by atoms with Gasteiger partial charge in [-0.25, -0.2) is 0 Å². The van der Waals surface area contributed by atoms with E-state index >= 15 is 0 Å². The molecule has 0 aliphatic carbocycles. The Morgan fingerprint density at radius 3 is 2.96 bits per heavy atom. The van der Waals surface area contributed by atoms with Crippen LogP contribution in [0.15, 0.2) is 48.7 Å². The maximum Gasteiger partial charge on any atom is 0.0672 e. The van der Waals surface area contributed by atoms with E-state index in [1.807, 2.05) is 13.1 Å². The summed E-state index contributed by atoms with van der Waals surface area (Å²) in [5.41, 5.74) is 4.88. The molecule has 2 aromatic carbocycles. The molecule has 1 aliphatic heterocycles. The number of aromatic amines is 1. The summed E-state index contributed by atoms with van der Waals surface area (Å²) in [6.45, 7) is 3.17. The van der Waals surface area contributed by atoms with Gasteiger partial charge in [0.1, 0.15) is 0 Å². The first kappa shape index (κ1) is 15.6. The molecule has 0 radical (unpaired) electrons. The van der Waals surface area contributed by atoms with Crippen molar-refractivity contribution in [2.75, 3.05) is 25.5 Å². The number of benzene rings is 2. The lowest BCUT2D eigenvalue weighted by atomic mass is 9.98. The minimum atomic E-state index is 0.510. The van der Waals surface area contributed by atoms with Gasteiger partial charge in [0.05, 0.1) is 10.7 Å². The second-order valence-corrected chi connectivity index (χ2v) is 6.92. The Morgan fingerprint density at radius 1 is 1.21 bits per heavy atom. The molecule has 1 aromatic heterocycles. The van der Waals surface area contributed by atoms with Gasteiger partial charge in [-0.2, -0.15) is 0 Å². The molecule has 0 bridgehead atoms. The van der Waals surface area contributed by atoms with E-state index in [0.29, 0.717) is 5.92 Å². The van der Waals surface area contributed by atoms with Crippen LogP contribution in [-0.2, 0) is 6.54 Å². The van der Waals surface area contributed by atoms with Gasteiger partial charge in [-0.15, -0.1) is 0 Å². The molecular weight excluding hydrogens is 318 g/mol. The highest BCUT2D eigenvalue weighted by atomic mass is 35.5. The zero-order chi connectivity index (χ0) is 16.5. The fourth-order valence-electron chi connectivity index (χ4n) is 3.79. The maximum atomic E-state index is 6.57. The number of halogens is 1. The number of hydrogen-bond donors (Lipinski definition) is 2. The van der Waals surface area contributed by atoms with Crippen LogP contribution in [-0.4, -0.2) is 30.0 Å². The minimum absolute atomic E-state index is 0.510. The van der Waals surface area contributed by atoms with Crippen molar-refractivity contribution in [3.63, 3.8) is 0 Å². The summed E-state index contributed by atoms with van der Waals surface area (Å²) in [4.78, 5) is 5.90. The third kappa shape index (κ3) is 2.79. The molecule has 0 amide bonds. The third-order valence-electron chi connectivity index (χ3n) is 5.08. The highest BCUT2D eigenvalue weighted by Gasteiger charge is 2.26. The number of nitrogens with zero attached hydrogens (tertiary/aromatic N) is 1. The molecule has 1 fully saturated rings. The van der Waals surface area contributed by atoms with E-state index in [2.05, 4.69) is 57.8 Å². The normalized spacial score (nSPS) is 18.3. The number of para-hydroxylation sites is 1. The van der Waals surface area contributed by atoms with Crippen molar-refractivity contribution in [1.82, 2.24) is 9.88 Å². The summed E-state index contributed by atoms with van der Waals surface area (Å²) in [7, 11) is 1.92. The van der Waals surface area contributed by atoms with Crippen LogP contribution < -0.4 is 5.32 Å². The van der Waals surface area contributed by atoms with Gasteiger partial charge in [0.2, 0.25) is 0 Å². The zero-order valence-corrected chi connectivity index (χ0v) is 14.6. The van der Waals surface area contributed by atoms with Gasteiger partial charge >= 0.3 is 0 Å². The van der Waals surface area contributed by atoms with Crippen molar-refractivity contribution < 1.29 is 0 Å². The van der Waals surface area contributed by atoms with Crippen LogP contribution in [0.1, 0.15) is 23.5 Å². The molecule has 0 spiro atoms. The smallest absolute Gasteiger partial charge is 0.0672 e. The number of anilines is 1. The van der Waals surface area contributed by atoms with E-state index in [0.717, 1.165) is 36.8 Å². The monoisotopic (exact) mass is 339 g/mol. The lowest BCUT2D eigenvalue weighted by Gasteiger charge is -2.17. The average molecular weight is 340 g/mol. The first-order valence-electron chi connectivity index (χ1n) is 8.50. The molecule has 1 aliphatic rings. The Balaban J connectivity index is 1.51. The van der Waals surface area contributed by atoms with Crippen molar-refractivity contribution >= 4 is 28.2 Å². The molecule has 4 rings (SSSR count). The Kier molecular flexibility index (Phi) is 4.21. The molecule has 24 heavy (non-hydrogen) atoms. The van der Waals surface area contributed by atoms with Crippen molar-refractivity contribution in [2.24, 2.45) is 0 Å². The van der Waals surface area contributed by atoms with Crippen molar-refractivity contribution in [3.05, 3.63) is 64.8 Å². The number of aromatic nitrogens is 1. The van der Waals surface area contributed by atoms with Crippen LogP contribution in [0, 0.1) is 0 Å². The molecule has 1 saturated heterocycles. The van der Waals surface area contributed by atoms with E-state index in [-0.39, 0.29) is 0 Å². The van der Waals surface area contributed by atoms with E-state index < -0.39 is 0 Å². The topological polar surface area (TPSA) is 31.1 Å². The summed E-state index contributed by atoms with van der Waals surface area (Å²) >= 11 is 6.57. The molecule has 124 valence electrons. The van der Waals surface area contributed by atoms with Crippen LogP contribution in [0.5, 0.6) is 0 Å². The first-order valence-corrected chi connectivity index (χ1v) is 8.87. The standard InChI is InChI=1S/C20H22ClN3/c1-22-19-8-4-6-17(20(19)21)14-9-10-24(12-14)13-15-11-23-18-7-3-2-5-16(15)18/h2-8,11,14,22-23H,9-10,12-13H2,1H3. The lowest BCUT2D eigenvalue weighted by Crippen LogP contribution is -2.19. The van der Waals surface area contributed by atoms with Crippen LogP contribution in [0.2, 0.25) is 5.02 Å². The highest BCUT2D eigenvalue weighted by Crippen LogP contribution is 2.36. The van der Waals surface area contributed by atoms with Crippen LogP contribution in [0.4, 0.5) is 5.69 Å². The summed E-state index contributed by atoms with van der Waals surface area (Å²) in [6, 6.07) is 14.8. The van der Waals surface area contributed by atoms with Gasteiger partial charge in [0, 0.05) is 37.2 Å². The van der Waals surface area contributed by atoms with Gasteiger partial charge in [-0.05, 0) is 42.1 Å². The van der Waals surface area contributed by atoms with Gasteiger partial charge in [-0.3, -0.25) is 4.90 Å². The van der Waals surface area contributed by atoms with E-state index in [4.69, 9.17) is 11.6 Å². The fourth-order valence-corrected chi connectivity index (χ4v) is 4.17. The summed E-state index contributed by atoms with van der Waals surface area (Å²) < 4.78 is 0. The molecule has 3 aromatic rings. The lowest BCUT2D eigenvalue weighted by molar-refractivity contribution is 0.328. The van der Waals surface area contributed by atoms with Crippen molar-refractivity contribution in [2.45, 2.75) is 18.9 Å². The Bertz CT molecular complexity index is 855. The zero-order valence-electron chi connectivity index (χ0n) is 13.8. The van der Waals surface area contributed by atoms with Crippen LogP contribution in [0.3, 0.4) is 0 Å². The van der Waals surface area contributed by atoms with Gasteiger partial charge < -0.3 is 10.3 Å². The Morgan fingerprint density at radius 2 is 2.08 bits per heavy atom. The molecular formula is C20H22ClN3. The summed E-state index contributed by atoms with van der Waals surface area (Å²) in [5.74, 6) is 0.510. The number of H-pyrrole nitrogens is 1. The number of rotatable bonds is 4. The first-order chi connectivity index (χ1) is 11.8. The SMILES string of the molecule is CNc1cccc(C2CCN(Cc3c[nH]c4ccccc34)C2)c1Cl. The third-order valence-corrected chi connectivity index (χ3v) is 5.50. The quantitative estimate of drug-likeness (QED) is 0.711. The minimum Gasteiger partial charge on any atom is -0.387 e. The van der Waals surface area contributed by atoms with Gasteiger partial charge in [-0.1, -0.05) is 41.9 Å². The van der Waals surface area contributed by atoms with Gasteiger partial charge in [0.15, 0.2) is 0 Å². The average Bonchev–Trinajstić information content (AvgIpc) is 3.23. The second-order valence-electron chi connectivity index (χ2n) is 6.54. The Labute approximate surface area is 147 Å². The van der Waals surface area contributed by atoms with Crippen molar-refractivity contribution in [1.29, 1.82) is 0 Å². The maximum absolute atomic E-state index is 6.57. The highest BCUT2D eigenvalue weighted by molar-refractivity contribution is 6.34. The number of nitrogens with one attached hydrogen (secondary N) is 2. The van der Waals surface area contributed by atoms with Gasteiger partial charge in [0.25, 0.3) is 0 Å². The predicted molar refractivity (Wildman–Crippen MR) is 102 cm³/mol. The van der Waals surface area contributed by atoms with E-state index in [1.165, 1.54) is 22.0 Å². The molecule has 2 N–H and O–H groups in total. The summed E-state index contributed by atoms with van der Waals surface area (Å²) in [6.07, 6.45) is 3.31. The second kappa shape index (κ2) is 6.50. The van der Waals surface area contributed by atoms with Crippen LogP contribution in [0.25, 0.3) is 10.9 Å². The molecule has 0 saturated carbocycles. The largest absolute Gasteiger partial charge is 0.387 e. The van der Waals surface area contributed by atoms with Crippen LogP contribution >= 0.6 is 11.6 Å². The number of hydrogen-bond acceptors (Lipinski definition) is 2. The predicted octanol–water partition coefficient (Wildman–Crippen LogP) is 4.85. The van der Waals surface area contributed by atoms with E-state index in [9.17, 15) is 0 Å². The molecule has 2 heterocycles. The Hall–Kier alpha value is -1.97. The molecule has 3 nitrogen and oxygen atoms in total. The summed E-state index contributed by atoms with van der Waals surface area (Å²) in [5, 5.41) is 5.38. The van der Waals surface area contributed by atoms with Crippen molar-refractivity contribution in [3.8, 4) is 0 Å². The molecule has 1 atom stereocenters. The fraction of sp³-hybridized carbons (Fsp3) is 0.300. The number of likely N-dealkylation sites (tertiary alicyclic amines) is 1. The number of fused-ring (bicyclic) bond motifs is 1. The molecule has 1 unspecified atom stereocenters.